The summed E-state index contributed by atoms with van der Waals surface area (Å²) < 4.78 is 0. The molecule has 0 aliphatic rings. The highest BCUT2D eigenvalue weighted by Gasteiger charge is 2.15. The zero-order valence-electron chi connectivity index (χ0n) is 10.5. The number of aromatic nitrogens is 2. The van der Waals surface area contributed by atoms with E-state index < -0.39 is 17.4 Å². The zero-order chi connectivity index (χ0) is 14.7. The van der Waals surface area contributed by atoms with Crippen LogP contribution in [0.3, 0.4) is 0 Å². The van der Waals surface area contributed by atoms with Gasteiger partial charge in [0.05, 0.1) is 12.2 Å². The second-order valence-electron chi connectivity index (χ2n) is 3.92. The van der Waals surface area contributed by atoms with Crippen molar-refractivity contribution in [2.75, 3.05) is 0 Å². The minimum atomic E-state index is -1.04. The standard InChI is InChI=1S/C12H11N3O4S/c1-6-9(12(18)19)20-8(15-6)5-14-11(17)7-3-2-4-13-10(7)16/h2-4H,5H2,1H3,(H,13,16)(H,14,17)(H,18,19). The van der Waals surface area contributed by atoms with E-state index in [1.54, 1.807) is 13.0 Å². The fourth-order valence-electron chi connectivity index (χ4n) is 1.58. The summed E-state index contributed by atoms with van der Waals surface area (Å²) in [7, 11) is 0. The van der Waals surface area contributed by atoms with E-state index in [9.17, 15) is 14.4 Å². The Morgan fingerprint density at radius 3 is 2.85 bits per heavy atom. The van der Waals surface area contributed by atoms with E-state index in [1.165, 1.54) is 12.3 Å². The molecule has 0 radical (unpaired) electrons. The molecule has 0 aliphatic carbocycles. The topological polar surface area (TPSA) is 112 Å². The lowest BCUT2D eigenvalue weighted by Crippen LogP contribution is -2.28. The van der Waals surface area contributed by atoms with Gasteiger partial charge in [0.15, 0.2) is 0 Å². The molecule has 1 amide bonds. The van der Waals surface area contributed by atoms with Gasteiger partial charge in [-0.15, -0.1) is 11.3 Å². The maximum absolute atomic E-state index is 11.8. The van der Waals surface area contributed by atoms with Crippen LogP contribution in [0.5, 0.6) is 0 Å². The van der Waals surface area contributed by atoms with Gasteiger partial charge in [0.2, 0.25) is 0 Å². The number of hydrogen-bond acceptors (Lipinski definition) is 5. The van der Waals surface area contributed by atoms with Crippen molar-refractivity contribution in [1.29, 1.82) is 0 Å². The summed E-state index contributed by atoms with van der Waals surface area (Å²) in [5.74, 6) is -1.58. The van der Waals surface area contributed by atoms with Crippen molar-refractivity contribution >= 4 is 23.2 Å². The van der Waals surface area contributed by atoms with Crippen molar-refractivity contribution in [2.45, 2.75) is 13.5 Å². The number of amides is 1. The lowest BCUT2D eigenvalue weighted by Gasteiger charge is -2.01. The molecule has 0 saturated carbocycles. The van der Waals surface area contributed by atoms with E-state index in [1.807, 2.05) is 0 Å². The number of nitrogens with zero attached hydrogens (tertiary/aromatic N) is 1. The van der Waals surface area contributed by atoms with Gasteiger partial charge in [-0.1, -0.05) is 0 Å². The average molecular weight is 293 g/mol. The predicted octanol–water partition coefficient (Wildman–Crippen LogP) is 0.768. The number of carboxylic acids is 1. The predicted molar refractivity (Wildman–Crippen MR) is 72.0 cm³/mol. The maximum Gasteiger partial charge on any atom is 0.347 e. The first kappa shape index (κ1) is 13.9. The van der Waals surface area contributed by atoms with Gasteiger partial charge < -0.3 is 15.4 Å². The number of aromatic carboxylic acids is 1. The number of aromatic amines is 1. The van der Waals surface area contributed by atoms with Crippen LogP contribution >= 0.6 is 11.3 Å². The third-order valence-electron chi connectivity index (χ3n) is 2.50. The molecule has 0 atom stereocenters. The molecule has 20 heavy (non-hydrogen) atoms. The van der Waals surface area contributed by atoms with Gasteiger partial charge in [-0.25, -0.2) is 9.78 Å². The van der Waals surface area contributed by atoms with Crippen LogP contribution in [0.15, 0.2) is 23.1 Å². The molecule has 3 N–H and O–H groups in total. The summed E-state index contributed by atoms with van der Waals surface area (Å²) in [6.45, 7) is 1.67. The van der Waals surface area contributed by atoms with Gasteiger partial charge in [-0.2, -0.15) is 0 Å². The molecular formula is C12H11N3O4S. The maximum atomic E-state index is 11.8. The number of pyridine rings is 1. The molecule has 0 fully saturated rings. The summed E-state index contributed by atoms with van der Waals surface area (Å²) in [5.41, 5.74) is -0.0740. The number of carbonyl (C=O) groups is 2. The Hall–Kier alpha value is -2.48. The fourth-order valence-corrected chi connectivity index (χ4v) is 2.42. The lowest BCUT2D eigenvalue weighted by molar-refractivity contribution is 0.0701. The largest absolute Gasteiger partial charge is 0.477 e. The van der Waals surface area contributed by atoms with Crippen LogP contribution in [-0.2, 0) is 6.54 Å². The Morgan fingerprint density at radius 2 is 2.25 bits per heavy atom. The molecule has 8 heteroatoms. The van der Waals surface area contributed by atoms with Gasteiger partial charge in [-0.05, 0) is 19.1 Å². The number of thiazole rings is 1. The van der Waals surface area contributed by atoms with Gasteiger partial charge in [0, 0.05) is 6.20 Å². The van der Waals surface area contributed by atoms with Crippen molar-refractivity contribution < 1.29 is 14.7 Å². The van der Waals surface area contributed by atoms with Gasteiger partial charge in [-0.3, -0.25) is 9.59 Å². The van der Waals surface area contributed by atoms with E-state index in [0.29, 0.717) is 10.7 Å². The molecule has 2 rings (SSSR count). The summed E-state index contributed by atoms with van der Waals surface area (Å²) in [5, 5.41) is 11.9. The molecule has 2 heterocycles. The Balaban J connectivity index is 2.08. The number of carboxylic acid groups (broad SMARTS) is 1. The lowest BCUT2D eigenvalue weighted by atomic mass is 10.2. The Kier molecular flexibility index (Phi) is 3.94. The average Bonchev–Trinajstić information content (AvgIpc) is 2.78. The van der Waals surface area contributed by atoms with Crippen LogP contribution in [0.1, 0.15) is 30.7 Å². The zero-order valence-corrected chi connectivity index (χ0v) is 11.3. The SMILES string of the molecule is Cc1nc(CNC(=O)c2ccc[nH]c2=O)sc1C(=O)O. The molecular weight excluding hydrogens is 282 g/mol. The molecule has 0 spiro atoms. The number of rotatable bonds is 4. The first-order valence-corrected chi connectivity index (χ1v) is 6.46. The van der Waals surface area contributed by atoms with Crippen LogP contribution < -0.4 is 10.9 Å². The molecule has 2 aromatic heterocycles. The quantitative estimate of drug-likeness (QED) is 0.770. The van der Waals surface area contributed by atoms with Crippen molar-refractivity contribution in [3.8, 4) is 0 Å². The van der Waals surface area contributed by atoms with Crippen molar-refractivity contribution in [2.24, 2.45) is 0 Å². The molecule has 0 bridgehead atoms. The molecule has 0 aromatic carbocycles. The van der Waals surface area contributed by atoms with Crippen LogP contribution in [0, 0.1) is 6.92 Å². The number of H-pyrrole nitrogens is 1. The third kappa shape index (κ3) is 2.91. The molecule has 0 aliphatic heterocycles. The van der Waals surface area contributed by atoms with E-state index >= 15 is 0 Å². The molecule has 7 nitrogen and oxygen atoms in total. The van der Waals surface area contributed by atoms with Crippen molar-refractivity contribution in [3.63, 3.8) is 0 Å². The van der Waals surface area contributed by atoms with E-state index in [0.717, 1.165) is 11.3 Å². The first-order chi connectivity index (χ1) is 9.49. The monoisotopic (exact) mass is 293 g/mol. The van der Waals surface area contributed by atoms with E-state index in [-0.39, 0.29) is 17.0 Å². The number of aryl methyl sites for hydroxylation is 1. The summed E-state index contributed by atoms with van der Waals surface area (Å²) in [4.78, 5) is 40.7. The second-order valence-corrected chi connectivity index (χ2v) is 5.01. The molecule has 0 saturated heterocycles. The van der Waals surface area contributed by atoms with Gasteiger partial charge >= 0.3 is 5.97 Å². The number of hydrogen-bond donors (Lipinski definition) is 3. The molecule has 0 unspecified atom stereocenters. The van der Waals surface area contributed by atoms with Crippen LogP contribution in [0.2, 0.25) is 0 Å². The Morgan fingerprint density at radius 1 is 1.50 bits per heavy atom. The normalized spacial score (nSPS) is 10.2. The first-order valence-electron chi connectivity index (χ1n) is 5.64. The number of carbonyl (C=O) groups excluding carboxylic acids is 1. The highest BCUT2D eigenvalue weighted by molar-refractivity contribution is 7.13. The van der Waals surface area contributed by atoms with Gasteiger partial charge in [0.25, 0.3) is 11.5 Å². The second kappa shape index (κ2) is 5.66. The fraction of sp³-hybridized carbons (Fsp3) is 0.167. The molecule has 2 aromatic rings. The Labute approximate surface area is 117 Å². The number of nitrogens with one attached hydrogen (secondary N) is 2. The van der Waals surface area contributed by atoms with Crippen molar-refractivity contribution in [1.82, 2.24) is 15.3 Å². The third-order valence-corrected chi connectivity index (χ3v) is 3.64. The van der Waals surface area contributed by atoms with Crippen LogP contribution in [0.4, 0.5) is 0 Å². The van der Waals surface area contributed by atoms with Gasteiger partial charge in [0.1, 0.15) is 15.4 Å². The van der Waals surface area contributed by atoms with E-state index in [4.69, 9.17) is 5.11 Å². The highest BCUT2D eigenvalue weighted by Crippen LogP contribution is 2.17. The van der Waals surface area contributed by atoms with Crippen molar-refractivity contribution in [3.05, 3.63) is 49.8 Å². The summed E-state index contributed by atoms with van der Waals surface area (Å²) in [6.07, 6.45) is 1.43. The minimum absolute atomic E-state index is 0.000707. The van der Waals surface area contributed by atoms with E-state index in [2.05, 4.69) is 15.3 Å². The highest BCUT2D eigenvalue weighted by atomic mass is 32.1. The van der Waals surface area contributed by atoms with Crippen LogP contribution in [-0.4, -0.2) is 27.0 Å². The summed E-state index contributed by atoms with van der Waals surface area (Å²) >= 11 is 0.998. The Bertz CT molecular complexity index is 719. The van der Waals surface area contributed by atoms with Crippen LogP contribution in [0.25, 0.3) is 0 Å². The minimum Gasteiger partial charge on any atom is -0.477 e. The molecule has 104 valence electrons. The smallest absolute Gasteiger partial charge is 0.347 e. The summed E-state index contributed by atoms with van der Waals surface area (Å²) in [6, 6.07) is 2.95.